The Hall–Kier alpha value is -1.27. The minimum absolute atomic E-state index is 0.00177. The number of benzene rings is 1. The fourth-order valence-electron chi connectivity index (χ4n) is 1.48. The summed E-state index contributed by atoms with van der Waals surface area (Å²) in [5.74, 6) is -1.73. The first kappa shape index (κ1) is 15.1. The second kappa shape index (κ2) is 6.01. The van der Waals surface area contributed by atoms with E-state index in [2.05, 4.69) is 5.32 Å². The molecule has 1 aromatic carbocycles. The first-order valence-corrected chi connectivity index (χ1v) is 7.12. The standard InChI is InChI=1S/C12H6Cl3NO3S/c13-5-3-6(12(18)19)10(7(14)4-5)16-11(17)8-1-2-9(15)20-8/h1-4H,(H,16,17)(H,18,19). The highest BCUT2D eigenvalue weighted by molar-refractivity contribution is 7.18. The Balaban J connectivity index is 2.38. The predicted molar refractivity (Wildman–Crippen MR) is 80.7 cm³/mol. The highest BCUT2D eigenvalue weighted by Gasteiger charge is 2.18. The molecule has 1 heterocycles. The number of carboxylic acids is 1. The smallest absolute Gasteiger partial charge is 0.337 e. The first-order chi connectivity index (χ1) is 9.38. The fraction of sp³-hybridized carbons (Fsp3) is 0. The molecule has 0 aliphatic rings. The summed E-state index contributed by atoms with van der Waals surface area (Å²) in [7, 11) is 0. The zero-order valence-corrected chi connectivity index (χ0v) is 12.7. The SMILES string of the molecule is O=C(Nc1c(Cl)cc(Cl)cc1C(=O)O)c1ccc(Cl)s1. The van der Waals surface area contributed by atoms with E-state index in [1.807, 2.05) is 0 Å². The summed E-state index contributed by atoms with van der Waals surface area (Å²) in [5.41, 5.74) is -0.184. The zero-order chi connectivity index (χ0) is 14.9. The summed E-state index contributed by atoms with van der Waals surface area (Å²) in [4.78, 5) is 23.5. The Labute approximate surface area is 132 Å². The zero-order valence-electron chi connectivity index (χ0n) is 9.62. The van der Waals surface area contributed by atoms with E-state index < -0.39 is 11.9 Å². The molecular formula is C12H6Cl3NO3S. The van der Waals surface area contributed by atoms with Gasteiger partial charge in [0.15, 0.2) is 0 Å². The molecule has 0 unspecified atom stereocenters. The van der Waals surface area contributed by atoms with Crippen LogP contribution in [0.2, 0.25) is 14.4 Å². The number of carbonyl (C=O) groups excluding carboxylic acids is 1. The second-order valence-electron chi connectivity index (χ2n) is 3.67. The van der Waals surface area contributed by atoms with Crippen LogP contribution in [0.5, 0.6) is 0 Å². The van der Waals surface area contributed by atoms with Crippen molar-refractivity contribution in [1.82, 2.24) is 0 Å². The molecule has 0 bridgehead atoms. The van der Waals surface area contributed by atoms with Crippen molar-refractivity contribution in [2.45, 2.75) is 0 Å². The summed E-state index contributed by atoms with van der Waals surface area (Å²) in [6, 6.07) is 5.68. The highest BCUT2D eigenvalue weighted by atomic mass is 35.5. The molecular weight excluding hydrogens is 345 g/mol. The Morgan fingerprint density at radius 1 is 1.15 bits per heavy atom. The largest absolute Gasteiger partial charge is 0.478 e. The molecule has 0 radical (unpaired) electrons. The van der Waals surface area contributed by atoms with Crippen LogP contribution >= 0.6 is 46.1 Å². The van der Waals surface area contributed by atoms with Gasteiger partial charge in [-0.15, -0.1) is 11.3 Å². The topological polar surface area (TPSA) is 66.4 Å². The van der Waals surface area contributed by atoms with E-state index in [0.717, 1.165) is 11.3 Å². The Morgan fingerprint density at radius 2 is 1.85 bits per heavy atom. The number of carboxylic acid groups (broad SMARTS) is 1. The van der Waals surface area contributed by atoms with Crippen molar-refractivity contribution >= 4 is 63.7 Å². The molecule has 0 saturated carbocycles. The maximum absolute atomic E-state index is 12.0. The average molecular weight is 351 g/mol. The number of rotatable bonds is 3. The Morgan fingerprint density at radius 3 is 2.40 bits per heavy atom. The van der Waals surface area contributed by atoms with E-state index in [0.29, 0.717) is 9.21 Å². The summed E-state index contributed by atoms with van der Waals surface area (Å²) in [6.45, 7) is 0. The molecule has 4 nitrogen and oxygen atoms in total. The van der Waals surface area contributed by atoms with Gasteiger partial charge < -0.3 is 10.4 Å². The lowest BCUT2D eigenvalue weighted by atomic mass is 10.1. The molecule has 104 valence electrons. The number of amides is 1. The number of aromatic carboxylic acids is 1. The predicted octanol–water partition coefficient (Wildman–Crippen LogP) is 4.66. The number of halogens is 3. The van der Waals surface area contributed by atoms with Gasteiger partial charge in [-0.2, -0.15) is 0 Å². The van der Waals surface area contributed by atoms with Gasteiger partial charge in [0.2, 0.25) is 0 Å². The minimum atomic E-state index is -1.24. The fourth-order valence-corrected chi connectivity index (χ4v) is 2.96. The lowest BCUT2D eigenvalue weighted by Gasteiger charge is -2.10. The second-order valence-corrected chi connectivity index (χ2v) is 6.23. The van der Waals surface area contributed by atoms with E-state index >= 15 is 0 Å². The van der Waals surface area contributed by atoms with E-state index in [1.165, 1.54) is 18.2 Å². The van der Waals surface area contributed by atoms with Gasteiger partial charge in [0.05, 0.1) is 25.5 Å². The van der Waals surface area contributed by atoms with Crippen molar-refractivity contribution in [1.29, 1.82) is 0 Å². The van der Waals surface area contributed by atoms with E-state index in [4.69, 9.17) is 39.9 Å². The van der Waals surface area contributed by atoms with Gasteiger partial charge in [0.1, 0.15) is 0 Å². The van der Waals surface area contributed by atoms with Crippen LogP contribution in [0.4, 0.5) is 5.69 Å². The van der Waals surface area contributed by atoms with Crippen LogP contribution < -0.4 is 5.32 Å². The van der Waals surface area contributed by atoms with Gasteiger partial charge in [-0.1, -0.05) is 34.8 Å². The van der Waals surface area contributed by atoms with Crippen LogP contribution in [0.25, 0.3) is 0 Å². The molecule has 8 heteroatoms. The Bertz CT molecular complexity index is 699. The van der Waals surface area contributed by atoms with Gasteiger partial charge >= 0.3 is 5.97 Å². The Kier molecular flexibility index (Phi) is 4.55. The maximum atomic E-state index is 12.0. The summed E-state index contributed by atoms with van der Waals surface area (Å²) in [5, 5.41) is 11.8. The molecule has 2 rings (SSSR count). The van der Waals surface area contributed by atoms with Gasteiger partial charge in [-0.25, -0.2) is 4.79 Å². The molecule has 0 aliphatic carbocycles. The van der Waals surface area contributed by atoms with Crippen molar-refractivity contribution in [3.8, 4) is 0 Å². The monoisotopic (exact) mass is 349 g/mol. The van der Waals surface area contributed by atoms with Crippen LogP contribution in [0.3, 0.4) is 0 Å². The molecule has 0 atom stereocenters. The third kappa shape index (κ3) is 3.24. The third-order valence-electron chi connectivity index (χ3n) is 2.32. The van der Waals surface area contributed by atoms with Crippen molar-refractivity contribution in [2.75, 3.05) is 5.32 Å². The van der Waals surface area contributed by atoms with Crippen molar-refractivity contribution in [3.05, 3.63) is 49.1 Å². The molecule has 2 aromatic rings. The van der Waals surface area contributed by atoms with E-state index in [-0.39, 0.29) is 21.3 Å². The molecule has 1 amide bonds. The minimum Gasteiger partial charge on any atom is -0.478 e. The average Bonchev–Trinajstić information content (AvgIpc) is 2.78. The molecule has 0 spiro atoms. The van der Waals surface area contributed by atoms with Crippen molar-refractivity contribution < 1.29 is 14.7 Å². The molecule has 1 aromatic heterocycles. The van der Waals surface area contributed by atoms with Gasteiger partial charge in [-0.05, 0) is 24.3 Å². The summed E-state index contributed by atoms with van der Waals surface area (Å²) in [6.07, 6.45) is 0. The lowest BCUT2D eigenvalue weighted by molar-refractivity contribution is 0.0698. The van der Waals surface area contributed by atoms with Crippen LogP contribution in [0, 0.1) is 0 Å². The van der Waals surface area contributed by atoms with Crippen molar-refractivity contribution in [2.24, 2.45) is 0 Å². The molecule has 0 aliphatic heterocycles. The van der Waals surface area contributed by atoms with Crippen LogP contribution in [0.1, 0.15) is 20.0 Å². The normalized spacial score (nSPS) is 10.3. The highest BCUT2D eigenvalue weighted by Crippen LogP contribution is 2.31. The number of carbonyl (C=O) groups is 2. The number of nitrogens with one attached hydrogen (secondary N) is 1. The van der Waals surface area contributed by atoms with Crippen LogP contribution in [-0.4, -0.2) is 17.0 Å². The maximum Gasteiger partial charge on any atom is 0.337 e. The molecule has 20 heavy (non-hydrogen) atoms. The van der Waals surface area contributed by atoms with Gasteiger partial charge in [0.25, 0.3) is 5.91 Å². The number of hydrogen-bond donors (Lipinski definition) is 2. The molecule has 0 saturated heterocycles. The van der Waals surface area contributed by atoms with Gasteiger partial charge in [-0.3, -0.25) is 4.79 Å². The lowest BCUT2D eigenvalue weighted by Crippen LogP contribution is -2.14. The van der Waals surface area contributed by atoms with E-state index in [1.54, 1.807) is 6.07 Å². The molecule has 2 N–H and O–H groups in total. The summed E-state index contributed by atoms with van der Waals surface area (Å²) >= 11 is 18.5. The third-order valence-corrected chi connectivity index (χ3v) is 4.07. The van der Waals surface area contributed by atoms with Crippen LogP contribution in [0.15, 0.2) is 24.3 Å². The van der Waals surface area contributed by atoms with E-state index in [9.17, 15) is 9.59 Å². The molecule has 0 fully saturated rings. The first-order valence-electron chi connectivity index (χ1n) is 5.17. The van der Waals surface area contributed by atoms with Crippen LogP contribution in [-0.2, 0) is 0 Å². The van der Waals surface area contributed by atoms with Crippen molar-refractivity contribution in [3.63, 3.8) is 0 Å². The quantitative estimate of drug-likeness (QED) is 0.846. The number of anilines is 1. The van der Waals surface area contributed by atoms with Gasteiger partial charge in [0, 0.05) is 5.02 Å². The summed E-state index contributed by atoms with van der Waals surface area (Å²) < 4.78 is 0.454. The number of hydrogen-bond acceptors (Lipinski definition) is 3. The number of thiophene rings is 1.